The van der Waals surface area contributed by atoms with Gasteiger partial charge in [0.1, 0.15) is 0 Å². The van der Waals surface area contributed by atoms with Crippen molar-refractivity contribution in [3.63, 3.8) is 0 Å². The van der Waals surface area contributed by atoms with Crippen LogP contribution >= 0.6 is 35.3 Å². The topological polar surface area (TPSA) is 53.6 Å². The Bertz CT molecular complexity index is 495. The number of fused-ring (bicyclic) bond motifs is 1. The minimum atomic E-state index is 0. The Morgan fingerprint density at radius 2 is 2.09 bits per heavy atom. The Morgan fingerprint density at radius 1 is 1.30 bits per heavy atom. The molecule has 0 aromatic carbocycles. The van der Waals surface area contributed by atoms with Gasteiger partial charge in [0.15, 0.2) is 5.96 Å². The van der Waals surface area contributed by atoms with E-state index in [-0.39, 0.29) is 24.0 Å². The van der Waals surface area contributed by atoms with Crippen LogP contribution in [0.2, 0.25) is 0 Å². The van der Waals surface area contributed by atoms with E-state index < -0.39 is 0 Å². The van der Waals surface area contributed by atoms with Crippen molar-refractivity contribution < 1.29 is 0 Å². The first-order valence-corrected chi connectivity index (χ1v) is 9.53. The van der Waals surface area contributed by atoms with Gasteiger partial charge in [0, 0.05) is 30.6 Å². The lowest BCUT2D eigenvalue weighted by molar-refractivity contribution is 0.263. The van der Waals surface area contributed by atoms with Crippen molar-refractivity contribution in [2.75, 3.05) is 19.6 Å². The number of hydrogen-bond acceptors (Lipinski definition) is 3. The summed E-state index contributed by atoms with van der Waals surface area (Å²) in [5, 5.41) is 5.63. The van der Waals surface area contributed by atoms with E-state index in [0.717, 1.165) is 26.2 Å². The lowest BCUT2D eigenvalue weighted by atomic mass is 10.1. The number of hydrogen-bond donors (Lipinski definition) is 2. The van der Waals surface area contributed by atoms with Crippen LogP contribution in [0.15, 0.2) is 16.4 Å². The molecule has 130 valence electrons. The number of nitrogens with two attached hydrogens (primary N) is 1. The van der Waals surface area contributed by atoms with Crippen LogP contribution in [0.4, 0.5) is 0 Å². The van der Waals surface area contributed by atoms with Gasteiger partial charge in [-0.15, -0.1) is 35.3 Å². The van der Waals surface area contributed by atoms with Crippen molar-refractivity contribution in [1.82, 2.24) is 10.2 Å². The molecule has 1 aliphatic heterocycles. The number of halogens is 1. The first-order valence-electron chi connectivity index (χ1n) is 8.65. The molecule has 3 N–H and O–H groups in total. The molecule has 6 heteroatoms. The van der Waals surface area contributed by atoms with Gasteiger partial charge in [-0.05, 0) is 36.3 Å². The van der Waals surface area contributed by atoms with Crippen LogP contribution in [0, 0.1) is 0 Å². The molecule has 0 atom stereocenters. The molecule has 2 aliphatic rings. The maximum absolute atomic E-state index is 6.05. The van der Waals surface area contributed by atoms with Gasteiger partial charge in [0.2, 0.25) is 0 Å². The minimum Gasteiger partial charge on any atom is -0.370 e. The molecule has 1 aromatic rings. The summed E-state index contributed by atoms with van der Waals surface area (Å²) < 4.78 is 0. The molecule has 23 heavy (non-hydrogen) atoms. The number of rotatable bonds is 4. The highest BCUT2D eigenvalue weighted by molar-refractivity contribution is 14.0. The largest absolute Gasteiger partial charge is 0.370 e. The van der Waals surface area contributed by atoms with E-state index in [0.29, 0.717) is 12.0 Å². The Labute approximate surface area is 160 Å². The molecule has 2 heterocycles. The summed E-state index contributed by atoms with van der Waals surface area (Å²) in [6, 6.07) is 2.80. The van der Waals surface area contributed by atoms with E-state index in [1.807, 2.05) is 11.3 Å². The van der Waals surface area contributed by atoms with Crippen LogP contribution in [0.5, 0.6) is 0 Å². The Hall–Kier alpha value is -0.340. The molecule has 3 rings (SSSR count). The average Bonchev–Trinajstić information content (AvgIpc) is 2.83. The van der Waals surface area contributed by atoms with Crippen molar-refractivity contribution in [2.24, 2.45) is 10.7 Å². The Balaban J connectivity index is 0.00000192. The third kappa shape index (κ3) is 5.90. The third-order valence-electron chi connectivity index (χ3n) is 4.79. The van der Waals surface area contributed by atoms with E-state index in [9.17, 15) is 0 Å². The molecule has 1 aromatic heterocycles. The van der Waals surface area contributed by atoms with Gasteiger partial charge in [0.05, 0.1) is 6.54 Å². The van der Waals surface area contributed by atoms with Crippen molar-refractivity contribution >= 4 is 41.3 Å². The summed E-state index contributed by atoms with van der Waals surface area (Å²) in [6.45, 7) is 4.02. The fraction of sp³-hybridized carbons (Fsp3) is 0.706. The van der Waals surface area contributed by atoms with Gasteiger partial charge in [0.25, 0.3) is 0 Å². The van der Waals surface area contributed by atoms with Crippen LogP contribution in [-0.2, 0) is 13.0 Å². The van der Waals surface area contributed by atoms with Gasteiger partial charge in [-0.3, -0.25) is 9.89 Å². The molecule has 0 amide bonds. The van der Waals surface area contributed by atoms with Crippen molar-refractivity contribution in [1.29, 1.82) is 0 Å². The molecule has 0 radical (unpaired) electrons. The van der Waals surface area contributed by atoms with Crippen LogP contribution in [0.1, 0.15) is 49.0 Å². The van der Waals surface area contributed by atoms with E-state index in [4.69, 9.17) is 5.73 Å². The maximum atomic E-state index is 6.05. The standard InChI is InChI=1S/C17H28N4S.HI/c18-17(20-15-5-3-1-2-4-6-15)19-9-11-21-10-7-16-14(13-21)8-12-22-16;/h8,12,15H,1-7,9-11,13H2,(H3,18,19,20);1H. The summed E-state index contributed by atoms with van der Waals surface area (Å²) in [7, 11) is 0. The quantitative estimate of drug-likeness (QED) is 0.322. The molecule has 1 saturated carbocycles. The fourth-order valence-corrected chi connectivity index (χ4v) is 4.38. The van der Waals surface area contributed by atoms with Crippen molar-refractivity contribution in [3.05, 3.63) is 21.9 Å². The first kappa shape index (κ1) is 19.0. The smallest absolute Gasteiger partial charge is 0.188 e. The summed E-state index contributed by atoms with van der Waals surface area (Å²) >= 11 is 1.89. The molecule has 0 bridgehead atoms. The first-order chi connectivity index (χ1) is 10.8. The van der Waals surface area contributed by atoms with Crippen LogP contribution in [0.3, 0.4) is 0 Å². The molecule has 0 spiro atoms. The SMILES string of the molecule is I.NC(=NCCN1CCc2sccc2C1)NC1CCCCCC1. The average molecular weight is 448 g/mol. The summed E-state index contributed by atoms with van der Waals surface area (Å²) in [4.78, 5) is 8.58. The molecule has 0 unspecified atom stereocenters. The van der Waals surface area contributed by atoms with E-state index in [1.54, 1.807) is 4.88 Å². The molecular weight excluding hydrogens is 419 g/mol. The van der Waals surface area contributed by atoms with E-state index in [1.165, 1.54) is 50.5 Å². The van der Waals surface area contributed by atoms with Crippen LogP contribution < -0.4 is 11.1 Å². The third-order valence-corrected chi connectivity index (χ3v) is 5.82. The van der Waals surface area contributed by atoms with Crippen LogP contribution in [-0.4, -0.2) is 36.5 Å². The normalized spacial score (nSPS) is 20.4. The molecule has 4 nitrogen and oxygen atoms in total. The van der Waals surface area contributed by atoms with Crippen molar-refractivity contribution in [3.8, 4) is 0 Å². The van der Waals surface area contributed by atoms with E-state index in [2.05, 4.69) is 26.7 Å². The predicted molar refractivity (Wildman–Crippen MR) is 110 cm³/mol. The zero-order valence-corrected chi connectivity index (χ0v) is 16.9. The van der Waals surface area contributed by atoms with Gasteiger partial charge in [-0.2, -0.15) is 0 Å². The Morgan fingerprint density at radius 3 is 2.87 bits per heavy atom. The second-order valence-corrected chi connectivity index (χ2v) is 7.50. The van der Waals surface area contributed by atoms with Gasteiger partial charge in [-0.25, -0.2) is 0 Å². The zero-order chi connectivity index (χ0) is 15.2. The summed E-state index contributed by atoms with van der Waals surface area (Å²) in [5.74, 6) is 0.639. The number of thiophene rings is 1. The Kier molecular flexibility index (Phi) is 8.12. The lowest BCUT2D eigenvalue weighted by Crippen LogP contribution is -2.40. The van der Waals surface area contributed by atoms with Gasteiger partial charge in [-0.1, -0.05) is 25.7 Å². The molecule has 1 fully saturated rings. The lowest BCUT2D eigenvalue weighted by Gasteiger charge is -2.26. The second kappa shape index (κ2) is 9.84. The van der Waals surface area contributed by atoms with Crippen molar-refractivity contribution in [2.45, 2.75) is 57.5 Å². The monoisotopic (exact) mass is 448 g/mol. The summed E-state index contributed by atoms with van der Waals surface area (Å²) in [6.07, 6.45) is 9.05. The number of guanidine groups is 1. The minimum absolute atomic E-state index is 0. The summed E-state index contributed by atoms with van der Waals surface area (Å²) in [5.41, 5.74) is 7.56. The van der Waals surface area contributed by atoms with Gasteiger partial charge >= 0.3 is 0 Å². The van der Waals surface area contributed by atoms with E-state index >= 15 is 0 Å². The van der Waals surface area contributed by atoms with Gasteiger partial charge < -0.3 is 11.1 Å². The fourth-order valence-electron chi connectivity index (χ4n) is 3.49. The molecule has 0 saturated heterocycles. The zero-order valence-electron chi connectivity index (χ0n) is 13.8. The number of aliphatic imine (C=N–C) groups is 1. The second-order valence-electron chi connectivity index (χ2n) is 6.49. The highest BCUT2D eigenvalue weighted by atomic mass is 127. The number of nitrogens with zero attached hydrogens (tertiary/aromatic N) is 2. The molecular formula is C17H29IN4S. The van der Waals surface area contributed by atoms with Crippen LogP contribution in [0.25, 0.3) is 0 Å². The molecule has 1 aliphatic carbocycles. The predicted octanol–water partition coefficient (Wildman–Crippen LogP) is 3.35. The highest BCUT2D eigenvalue weighted by Crippen LogP contribution is 2.23. The highest BCUT2D eigenvalue weighted by Gasteiger charge is 2.16. The number of nitrogens with one attached hydrogen (secondary N) is 1. The maximum Gasteiger partial charge on any atom is 0.188 e.